The number of aliphatic carboxylic acids is 3. The fraction of sp³-hybridized carbons (Fsp3) is 0.598. The SMILES string of the molecule is CC(C)CN.CCC(C)(C)C1C(=O)OC(=O)C1C.CCO.CCOC(=O)C(C(CC(C)(C)C1C(=O)N(CC(C)C)C(=O)C1CC(C)(C)C(C(=O)NCC(C)C)C(CC(C)(C)C1C(=O)OC(=O)C1C)C(=O)[O-])C(=O)[O-])C(C)(C)CC(C(=O)[O-])C(C(=O)Oc1ccc(C(=O)CC(=O)c2ccc(C)cc2)cc1)C(C)(C)CC.Cc1ccc(C(=O)CC(=O)c2ccc(O)cc2)cc1.[CH2-]C.[Na+].[Na+].[Na+].[Na+].[OH-]. The quantitative estimate of drug-likeness (QED) is 0.00689. The standard InChI is InChI=1S/C68H96N2O18.C16H14O3.C10H16O3.C4H11N.C2H6O.C2H5.4Na.H2O/c1-19-64(9,10)53(63(85)87-42-27-25-41(26-28-42)48(72)29-47(71)40-23-21-38(7)22-24-40)46(59(80)81)33-68(17,18)52(61(83)86-20-2)45(58(78)79)32-67(15,16)51-43(55(74)70(56(51)75)35-37(5)6)30-66(13,14)50(54(73)69-34-36(3)4)44(57(76)77)31-65(11,12)49-39(8)60(82)88-62(49)84;1-11-2-4-12(5-3-11)15(18)10-16(19)13-6-8-14(17)9-7-13;1-5-10(3,4)7-6(2)8(11)13-9(7)12;1-4(2)3-5;1-2-3;1-2;;;;;/h21-28,36-37,39,43-46,49-53H,19-20,29-35H2,1-18H3,(H,69,73)(H,76,77)(H,78,79)(H,80,81);2-9,17H,10H2,1H3;6-7H,5H2,1-4H3;4H,3,5H2,1-2H3;3H,2H2,1H3;1H2,2H3;;;;;1H2/q;;;;;-1;4*+1;/p-4. The number of phenols is 1. The molecular formula is C102H146N3Na4O26-. The zero-order chi connectivity index (χ0) is 100. The first-order valence-electron chi connectivity index (χ1n) is 44.9. The summed E-state index contributed by atoms with van der Waals surface area (Å²) in [4.78, 5) is 214. The molecule has 33 heteroatoms. The smallest absolute Gasteiger partial charge is 0.870 e. The Morgan fingerprint density at radius 3 is 1.14 bits per heavy atom. The number of likely N-dealkylation sites (tertiary alicyclic amines) is 1. The minimum absolute atomic E-state index is 0. The number of benzene rings is 4. The molecule has 3 aliphatic heterocycles. The van der Waals surface area contributed by atoms with Crippen LogP contribution in [-0.4, -0.2) is 148 Å². The number of hydrogen-bond acceptors (Lipinski definition) is 27. The molecule has 0 radical (unpaired) electrons. The maximum Gasteiger partial charge on any atom is 1.00 e. The van der Waals surface area contributed by atoms with Crippen LogP contribution < -0.4 is 149 Å². The average Bonchev–Trinajstić information content (AvgIpc) is 1.61. The van der Waals surface area contributed by atoms with Gasteiger partial charge < -0.3 is 82.3 Å². The molecule has 135 heavy (non-hydrogen) atoms. The van der Waals surface area contributed by atoms with E-state index >= 15 is 9.59 Å². The van der Waals surface area contributed by atoms with Crippen molar-refractivity contribution >= 4 is 94.6 Å². The number of carboxylic acids is 3. The van der Waals surface area contributed by atoms with Crippen LogP contribution in [0.5, 0.6) is 11.5 Å². The number of rotatable bonds is 40. The number of aliphatic hydroxyl groups excluding tert-OH is 1. The van der Waals surface area contributed by atoms with Gasteiger partial charge in [-0.1, -0.05) is 225 Å². The number of carboxylic acid groups (broad SMARTS) is 3. The van der Waals surface area contributed by atoms with E-state index in [2.05, 4.69) is 30.8 Å². The molecule has 29 nitrogen and oxygen atoms in total. The number of amides is 3. The third-order valence-corrected chi connectivity index (χ3v) is 24.9. The molecule has 0 spiro atoms. The Kier molecular flexibility index (Phi) is 60.5. The van der Waals surface area contributed by atoms with Crippen LogP contribution in [0, 0.1) is 142 Å². The van der Waals surface area contributed by atoms with Gasteiger partial charge in [-0.2, -0.15) is 6.92 Å². The number of nitrogens with two attached hydrogens (primary N) is 1. The average molecular weight is 1920 g/mol. The van der Waals surface area contributed by atoms with E-state index in [1.54, 1.807) is 133 Å². The number of hydrogen-bond donors (Lipinski definition) is 4. The monoisotopic (exact) mass is 1920 g/mol. The Morgan fingerprint density at radius 2 is 0.815 bits per heavy atom. The molecular weight excluding hydrogens is 1780 g/mol. The van der Waals surface area contributed by atoms with Crippen LogP contribution in [0.15, 0.2) is 97.1 Å². The number of aromatic hydroxyl groups is 1. The number of esters is 6. The van der Waals surface area contributed by atoms with Gasteiger partial charge in [-0.3, -0.25) is 67.2 Å². The fourth-order valence-electron chi connectivity index (χ4n) is 17.3. The second kappa shape index (κ2) is 60.6. The molecule has 12 unspecified atom stereocenters. The number of ketones is 4. The summed E-state index contributed by atoms with van der Waals surface area (Å²) in [6.07, 6.45) is -1.36. The van der Waals surface area contributed by atoms with E-state index in [0.29, 0.717) is 22.6 Å². The van der Waals surface area contributed by atoms with Gasteiger partial charge >= 0.3 is 154 Å². The van der Waals surface area contributed by atoms with Crippen molar-refractivity contribution in [3.8, 4) is 11.5 Å². The van der Waals surface area contributed by atoms with Gasteiger partial charge in [0.2, 0.25) is 17.7 Å². The Bertz CT molecular complexity index is 4510. The number of cyclic esters (lactones) is 4. The van der Waals surface area contributed by atoms with Gasteiger partial charge in [0, 0.05) is 77.6 Å². The van der Waals surface area contributed by atoms with Gasteiger partial charge in [-0.25, -0.2) is 0 Å². The number of aliphatic hydroxyl groups is 1. The van der Waals surface area contributed by atoms with Crippen molar-refractivity contribution in [3.63, 3.8) is 0 Å². The molecule has 0 aliphatic carbocycles. The molecule has 3 heterocycles. The van der Waals surface area contributed by atoms with E-state index in [0.717, 1.165) is 29.0 Å². The number of aryl methyl sites for hydroxylation is 2. The first-order chi connectivity index (χ1) is 60.1. The van der Waals surface area contributed by atoms with E-state index < -0.39 is 177 Å². The largest absolute Gasteiger partial charge is 1.00 e. The molecule has 0 saturated carbocycles. The summed E-state index contributed by atoms with van der Waals surface area (Å²) in [6.45, 7) is 50.8. The third-order valence-electron chi connectivity index (χ3n) is 24.9. The van der Waals surface area contributed by atoms with Gasteiger partial charge in [0.1, 0.15) is 11.5 Å². The van der Waals surface area contributed by atoms with Crippen LogP contribution in [0.2, 0.25) is 0 Å². The third kappa shape index (κ3) is 39.5. The number of ether oxygens (including phenoxy) is 4. The van der Waals surface area contributed by atoms with E-state index in [-0.39, 0.29) is 245 Å². The minimum Gasteiger partial charge on any atom is -0.870 e. The molecule has 0 bridgehead atoms. The number of phenolic OH excluding ortho intramolecular Hbond substituents is 1. The Labute approximate surface area is 888 Å². The van der Waals surface area contributed by atoms with E-state index in [9.17, 15) is 82.4 Å². The van der Waals surface area contributed by atoms with Crippen molar-refractivity contribution in [1.82, 2.24) is 10.2 Å². The van der Waals surface area contributed by atoms with Gasteiger partial charge in [-0.15, -0.1) is 0 Å². The minimum atomic E-state index is -1.88. The number of nitrogens with zero attached hydrogens (tertiary/aromatic N) is 1. The zero-order valence-corrected chi connectivity index (χ0v) is 94.1. The summed E-state index contributed by atoms with van der Waals surface area (Å²) in [5, 5.41) is 60.7. The number of imide groups is 1. The molecule has 12 atom stereocenters. The molecule has 4 aromatic rings. The van der Waals surface area contributed by atoms with Gasteiger partial charge in [-0.05, 0) is 159 Å². The van der Waals surface area contributed by atoms with Crippen molar-refractivity contribution in [2.75, 3.05) is 32.8 Å². The van der Waals surface area contributed by atoms with Gasteiger partial charge in [0.15, 0.2) is 23.1 Å². The summed E-state index contributed by atoms with van der Waals surface area (Å²) in [7, 11) is 0. The Hall–Kier alpha value is -6.52. The first-order valence-corrected chi connectivity index (χ1v) is 44.9. The van der Waals surface area contributed by atoms with Crippen molar-refractivity contribution in [3.05, 3.63) is 137 Å². The maximum absolute atomic E-state index is 15.1. The molecule has 3 fully saturated rings. The predicted octanol–water partition coefficient (Wildman–Crippen LogP) is 0.527. The second-order valence-corrected chi connectivity index (χ2v) is 39.6. The van der Waals surface area contributed by atoms with Crippen LogP contribution in [0.1, 0.15) is 277 Å². The van der Waals surface area contributed by atoms with Gasteiger partial charge in [0.05, 0.1) is 72.7 Å². The fourth-order valence-corrected chi connectivity index (χ4v) is 17.3. The number of nitrogens with one attached hydrogen (secondary N) is 1. The zero-order valence-electron chi connectivity index (χ0n) is 86.1. The molecule has 730 valence electrons. The van der Waals surface area contributed by atoms with Crippen LogP contribution in [0.25, 0.3) is 0 Å². The number of carbonyl (C=O) groups is 16. The molecule has 6 N–H and O–H groups in total. The summed E-state index contributed by atoms with van der Waals surface area (Å²) in [6, 6.07) is 25.2. The van der Waals surface area contributed by atoms with Crippen LogP contribution >= 0.6 is 0 Å². The molecule has 4 aromatic carbocycles. The normalized spacial score (nSPS) is 17.7. The first kappa shape index (κ1) is 135. The van der Waals surface area contributed by atoms with Gasteiger partial charge in [0.25, 0.3) is 0 Å². The number of Topliss-reactive ketones (excluding diaryl/α,β-unsaturated/α-hetero) is 4. The summed E-state index contributed by atoms with van der Waals surface area (Å²) in [5.41, 5.74) is 1.25. The summed E-state index contributed by atoms with van der Waals surface area (Å²) in [5.74, 6) is -28.1. The van der Waals surface area contributed by atoms with Crippen LogP contribution in [-0.2, 0) is 71.7 Å². The van der Waals surface area contributed by atoms with Crippen LogP contribution in [0.3, 0.4) is 0 Å². The van der Waals surface area contributed by atoms with Crippen LogP contribution in [0.4, 0.5) is 0 Å². The van der Waals surface area contributed by atoms with E-state index in [4.69, 9.17) is 30.2 Å². The number of carbonyl (C=O) groups excluding carboxylic acids is 16. The van der Waals surface area contributed by atoms with Crippen molar-refractivity contribution < 1.29 is 245 Å². The predicted molar refractivity (Wildman–Crippen MR) is 487 cm³/mol. The maximum atomic E-state index is 15.1. The second-order valence-electron chi connectivity index (χ2n) is 39.6. The molecule has 3 aliphatic rings. The molecule has 7 rings (SSSR count). The molecule has 3 amide bonds. The molecule has 0 aromatic heterocycles. The van der Waals surface area contributed by atoms with E-state index in [1.165, 1.54) is 76.2 Å². The Balaban J connectivity index is -0.00000149. The summed E-state index contributed by atoms with van der Waals surface area (Å²) >= 11 is 0. The topological polar surface area (TPSA) is 491 Å². The summed E-state index contributed by atoms with van der Waals surface area (Å²) < 4.78 is 20.9. The van der Waals surface area contributed by atoms with Crippen molar-refractivity contribution in [2.45, 2.75) is 238 Å². The van der Waals surface area contributed by atoms with Crippen molar-refractivity contribution in [1.29, 1.82) is 0 Å². The molecule has 3 saturated heterocycles. The Morgan fingerprint density at radius 1 is 0.474 bits per heavy atom. The van der Waals surface area contributed by atoms with Crippen molar-refractivity contribution in [2.24, 2.45) is 127 Å². The van der Waals surface area contributed by atoms with E-state index in [1.807, 2.05) is 60.6 Å².